The molecule has 2 aliphatic rings. The van der Waals surface area contributed by atoms with Crippen molar-refractivity contribution in [1.82, 2.24) is 0 Å². The summed E-state index contributed by atoms with van der Waals surface area (Å²) in [6.45, 7) is 2.99. The molecule has 51 heavy (non-hydrogen) atoms. The van der Waals surface area contributed by atoms with Crippen molar-refractivity contribution in [2.24, 2.45) is 0 Å². The van der Waals surface area contributed by atoms with E-state index in [1.807, 2.05) is 54.6 Å². The van der Waals surface area contributed by atoms with Gasteiger partial charge in [-0.15, -0.1) is 0 Å². The van der Waals surface area contributed by atoms with E-state index in [4.69, 9.17) is 0 Å². The van der Waals surface area contributed by atoms with Crippen LogP contribution >= 0.6 is 23.5 Å². The highest BCUT2D eigenvalue weighted by molar-refractivity contribution is 8.13. The second-order valence-electron chi connectivity index (χ2n) is 11.0. The lowest BCUT2D eigenvalue weighted by Crippen LogP contribution is -1.94. The van der Waals surface area contributed by atoms with Crippen molar-refractivity contribution in [3.05, 3.63) is 169 Å². The summed E-state index contributed by atoms with van der Waals surface area (Å²) in [6.07, 6.45) is 0. The third kappa shape index (κ3) is 9.28. The maximum atomic E-state index is 12.2. The van der Waals surface area contributed by atoms with E-state index in [0.29, 0.717) is 32.7 Å². The molecule has 0 unspecified atom stereocenters. The summed E-state index contributed by atoms with van der Waals surface area (Å²) in [6, 6.07) is 30.5. The SMILES string of the molecule is CC(=O)Sc1ccc2c(c1)C#Cc1cccc(c1)C#Cc1cccc(c1)C#Cc1cc(SC(C)=O)ccc1C#Cc1ccc(cc1[N+](=O)[O-])C#C2. The van der Waals surface area contributed by atoms with E-state index in [9.17, 15) is 19.7 Å². The van der Waals surface area contributed by atoms with Crippen LogP contribution in [0.2, 0.25) is 0 Å². The smallest absolute Gasteiger partial charge is 0.286 e. The first-order valence-electron chi connectivity index (χ1n) is 15.4. The zero-order valence-corrected chi connectivity index (χ0v) is 28.8. The molecule has 0 fully saturated rings. The fourth-order valence-electron chi connectivity index (χ4n) is 4.84. The second-order valence-corrected chi connectivity index (χ2v) is 13.5. The molecule has 0 saturated carbocycles. The lowest BCUT2D eigenvalue weighted by molar-refractivity contribution is -0.385. The van der Waals surface area contributed by atoms with Gasteiger partial charge in [0, 0.05) is 79.8 Å². The molecule has 6 bridgehead atoms. The van der Waals surface area contributed by atoms with Crippen LogP contribution in [0.5, 0.6) is 0 Å². The summed E-state index contributed by atoms with van der Waals surface area (Å²) in [5, 5.41) is 12.0. The van der Waals surface area contributed by atoms with Gasteiger partial charge in [-0.3, -0.25) is 19.7 Å². The molecule has 7 heteroatoms. The van der Waals surface area contributed by atoms with E-state index >= 15 is 0 Å². The van der Waals surface area contributed by atoms with E-state index in [-0.39, 0.29) is 21.5 Å². The molecule has 0 aromatic heterocycles. The van der Waals surface area contributed by atoms with Gasteiger partial charge in [-0.25, -0.2) is 0 Å². The van der Waals surface area contributed by atoms with Crippen molar-refractivity contribution in [1.29, 1.82) is 0 Å². The van der Waals surface area contributed by atoms with Crippen molar-refractivity contribution in [2.45, 2.75) is 23.6 Å². The van der Waals surface area contributed by atoms with Crippen LogP contribution in [0.4, 0.5) is 5.69 Å². The van der Waals surface area contributed by atoms with Crippen molar-refractivity contribution < 1.29 is 14.5 Å². The van der Waals surface area contributed by atoms with Gasteiger partial charge in [-0.2, -0.15) is 0 Å². The fraction of sp³-hybridized carbons (Fsp3) is 0.0455. The van der Waals surface area contributed by atoms with Gasteiger partial charge < -0.3 is 0 Å². The molecule has 0 aliphatic heterocycles. The Balaban J connectivity index is 1.54. The Morgan fingerprint density at radius 2 is 0.843 bits per heavy atom. The first-order chi connectivity index (χ1) is 24.7. The van der Waals surface area contributed by atoms with Crippen LogP contribution in [-0.4, -0.2) is 15.2 Å². The summed E-state index contributed by atoms with van der Waals surface area (Å²) in [5.41, 5.74) is 5.82. The molecule has 0 atom stereocenters. The summed E-state index contributed by atoms with van der Waals surface area (Å²) >= 11 is 2.18. The number of carbonyl (C=O) groups excluding carboxylic acids is 2. The molecule has 240 valence electrons. The molecular formula is C44H23NO4S2. The van der Waals surface area contributed by atoms with Gasteiger partial charge in [0.1, 0.15) is 5.56 Å². The highest BCUT2D eigenvalue weighted by Gasteiger charge is 2.13. The van der Waals surface area contributed by atoms with Crippen molar-refractivity contribution in [3.63, 3.8) is 0 Å². The average Bonchev–Trinajstić information content (AvgIpc) is 3.11. The van der Waals surface area contributed by atoms with Crippen LogP contribution in [0.1, 0.15) is 69.5 Å². The van der Waals surface area contributed by atoms with Crippen molar-refractivity contribution in [3.8, 4) is 59.2 Å². The Labute approximate surface area is 304 Å². The lowest BCUT2D eigenvalue weighted by atomic mass is 10.0. The summed E-state index contributed by atoms with van der Waals surface area (Å²) in [4.78, 5) is 36.8. The van der Waals surface area contributed by atoms with Crippen molar-refractivity contribution >= 4 is 39.4 Å². The van der Waals surface area contributed by atoms with E-state index in [2.05, 4.69) is 59.2 Å². The standard InChI is InChI=1S/C44H23NO4S2/c1-30(46)50-42-23-21-37-15-11-36-12-16-39(44(27-36)45(48)49)20-19-38-22-24-43(51-31(2)47)29-41(38)18-14-35-8-4-6-33(26-35)10-9-32-5-3-7-34(25-32)13-17-40(37)28-42/h3-8,12,16,21-29H,1-2H3. The van der Waals surface area contributed by atoms with Gasteiger partial charge in [0.05, 0.1) is 4.92 Å². The number of hydrogen-bond acceptors (Lipinski definition) is 6. The van der Waals surface area contributed by atoms with Crippen molar-refractivity contribution in [2.75, 3.05) is 0 Å². The predicted octanol–water partition coefficient (Wildman–Crippen LogP) is 8.18. The van der Waals surface area contributed by atoms with Crippen LogP contribution in [0.3, 0.4) is 0 Å². The highest BCUT2D eigenvalue weighted by atomic mass is 32.2. The van der Waals surface area contributed by atoms with Crippen LogP contribution in [0.15, 0.2) is 113 Å². The molecular weight excluding hydrogens is 671 g/mol. The fourth-order valence-corrected chi connectivity index (χ4v) is 6.13. The highest BCUT2D eigenvalue weighted by Crippen LogP contribution is 2.25. The number of fused-ring (bicyclic) bond motifs is 2. The number of benzene rings is 5. The topological polar surface area (TPSA) is 77.3 Å². The Morgan fingerprint density at radius 1 is 0.471 bits per heavy atom. The van der Waals surface area contributed by atoms with Gasteiger partial charge in [-0.1, -0.05) is 94.9 Å². The lowest BCUT2D eigenvalue weighted by Gasteiger charge is -2.03. The average molecular weight is 694 g/mol. The van der Waals surface area contributed by atoms with Crippen LogP contribution in [0, 0.1) is 69.3 Å². The number of rotatable bonds is 3. The maximum Gasteiger partial charge on any atom is 0.286 e. The first kappa shape index (κ1) is 34.2. The molecule has 0 N–H and O–H groups in total. The minimum Gasteiger partial charge on any atom is -0.287 e. The van der Waals surface area contributed by atoms with Gasteiger partial charge in [0.2, 0.25) is 0 Å². The number of carbonyl (C=O) groups is 2. The molecule has 2 aliphatic carbocycles. The monoisotopic (exact) mass is 693 g/mol. The minimum atomic E-state index is -0.485. The van der Waals surface area contributed by atoms with Crippen LogP contribution in [-0.2, 0) is 9.59 Å². The van der Waals surface area contributed by atoms with Crippen LogP contribution < -0.4 is 0 Å². The Hall–Kier alpha value is -6.66. The summed E-state index contributed by atoms with van der Waals surface area (Å²) in [7, 11) is 0. The normalized spacial score (nSPS) is 10.6. The molecule has 7 rings (SSSR count). The van der Waals surface area contributed by atoms with E-state index < -0.39 is 4.92 Å². The molecule has 0 radical (unpaired) electrons. The third-order valence-corrected chi connectivity index (χ3v) is 8.69. The molecule has 0 amide bonds. The molecule has 0 saturated heterocycles. The largest absolute Gasteiger partial charge is 0.287 e. The molecule has 0 heterocycles. The number of nitrogens with zero attached hydrogens (tertiary/aromatic N) is 1. The molecule has 5 nitrogen and oxygen atoms in total. The number of nitro groups is 1. The van der Waals surface area contributed by atoms with Gasteiger partial charge in [0.15, 0.2) is 10.2 Å². The minimum absolute atomic E-state index is 0.0571. The van der Waals surface area contributed by atoms with E-state index in [1.165, 1.54) is 19.9 Å². The number of hydrogen-bond donors (Lipinski definition) is 0. The molecule has 5 aromatic rings. The Kier molecular flexibility index (Phi) is 10.5. The van der Waals surface area contributed by atoms with Crippen LogP contribution in [0.25, 0.3) is 0 Å². The van der Waals surface area contributed by atoms with E-state index in [1.54, 1.807) is 42.5 Å². The first-order valence-corrected chi connectivity index (χ1v) is 17.1. The quantitative estimate of drug-likeness (QED) is 0.0806. The van der Waals surface area contributed by atoms with Gasteiger partial charge in [0.25, 0.3) is 5.69 Å². The second kappa shape index (κ2) is 15.7. The molecule has 5 aromatic carbocycles. The third-order valence-electron chi connectivity index (χ3n) is 7.13. The van der Waals surface area contributed by atoms with Gasteiger partial charge >= 0.3 is 0 Å². The summed E-state index contributed by atoms with van der Waals surface area (Å²) < 4.78 is 0. The maximum absolute atomic E-state index is 12.2. The Morgan fingerprint density at radius 3 is 1.29 bits per heavy atom. The Bertz CT molecular complexity index is 2620. The zero-order chi connectivity index (χ0) is 35.7. The zero-order valence-electron chi connectivity index (χ0n) is 27.2. The number of thioether (sulfide) groups is 2. The molecule has 0 spiro atoms. The predicted molar refractivity (Wildman–Crippen MR) is 202 cm³/mol. The van der Waals surface area contributed by atoms with Gasteiger partial charge in [-0.05, 0) is 84.9 Å². The summed E-state index contributed by atoms with van der Waals surface area (Å²) in [5.74, 6) is 31.3. The number of nitro benzene ring substituents is 1. The van der Waals surface area contributed by atoms with E-state index in [0.717, 1.165) is 50.7 Å².